The minimum absolute atomic E-state index is 0.152. The summed E-state index contributed by atoms with van der Waals surface area (Å²) in [4.78, 5) is 21.5. The fraction of sp³-hybridized carbons (Fsp3) is 0.467. The number of nitrogens with two attached hydrogens (primary N) is 1. The van der Waals surface area contributed by atoms with Crippen LogP contribution in [0.4, 0.5) is 16.2 Å². The molecule has 0 aliphatic carbocycles. The van der Waals surface area contributed by atoms with Gasteiger partial charge >= 0.3 is 6.09 Å². The number of nitrogens with one attached hydrogen (secondary N) is 2. The van der Waals surface area contributed by atoms with Gasteiger partial charge in [0, 0.05) is 31.5 Å². The first kappa shape index (κ1) is 16.1. The Morgan fingerprint density at radius 2 is 2.48 bits per heavy atom. The summed E-state index contributed by atoms with van der Waals surface area (Å²) >= 11 is 3.59. The quantitative estimate of drug-likeness (QED) is 0.759. The van der Waals surface area contributed by atoms with E-state index in [0.29, 0.717) is 17.9 Å². The number of rotatable bonds is 3. The van der Waals surface area contributed by atoms with E-state index in [9.17, 15) is 4.79 Å². The van der Waals surface area contributed by atoms with Crippen molar-refractivity contribution in [2.24, 2.45) is 5.73 Å². The summed E-state index contributed by atoms with van der Waals surface area (Å²) in [5.41, 5.74) is 8.49. The third kappa shape index (κ3) is 3.28. The van der Waals surface area contributed by atoms with Gasteiger partial charge in [0.1, 0.15) is 5.65 Å². The Bertz CT molecular complexity index is 717. The number of pyridine rings is 1. The van der Waals surface area contributed by atoms with Crippen LogP contribution in [0, 0.1) is 0 Å². The number of amides is 1. The van der Waals surface area contributed by atoms with E-state index >= 15 is 0 Å². The molecule has 1 fully saturated rings. The van der Waals surface area contributed by atoms with Crippen LogP contribution in [0.2, 0.25) is 0 Å². The largest absolute Gasteiger partial charge is 0.450 e. The summed E-state index contributed by atoms with van der Waals surface area (Å²) in [6.07, 6.45) is 5.10. The number of ether oxygens (including phenoxy) is 1. The smallest absolute Gasteiger partial charge is 0.411 e. The molecule has 124 valence electrons. The van der Waals surface area contributed by atoms with Crippen LogP contribution in [0.5, 0.6) is 0 Å². The van der Waals surface area contributed by atoms with E-state index in [-0.39, 0.29) is 6.04 Å². The van der Waals surface area contributed by atoms with Gasteiger partial charge in [-0.1, -0.05) is 0 Å². The number of fused-ring (bicyclic) bond motifs is 1. The van der Waals surface area contributed by atoms with Gasteiger partial charge in [-0.2, -0.15) is 0 Å². The fourth-order valence-corrected chi connectivity index (χ4v) is 3.51. The lowest BCUT2D eigenvalue weighted by molar-refractivity contribution is 0.168. The van der Waals surface area contributed by atoms with E-state index in [0.717, 1.165) is 41.5 Å². The van der Waals surface area contributed by atoms with Crippen molar-refractivity contribution < 1.29 is 9.53 Å². The lowest BCUT2D eigenvalue weighted by Gasteiger charge is -2.33. The number of hydrogen-bond acceptors (Lipinski definition) is 5. The van der Waals surface area contributed by atoms with Crippen LogP contribution in [0.3, 0.4) is 0 Å². The molecule has 23 heavy (non-hydrogen) atoms. The second kappa shape index (κ2) is 6.76. The van der Waals surface area contributed by atoms with Gasteiger partial charge < -0.3 is 20.4 Å². The number of halogens is 1. The molecule has 0 bridgehead atoms. The molecule has 8 heteroatoms. The molecule has 2 aromatic heterocycles. The van der Waals surface area contributed by atoms with Gasteiger partial charge in [-0.25, -0.2) is 9.78 Å². The Kier molecular flexibility index (Phi) is 4.72. The van der Waals surface area contributed by atoms with Crippen molar-refractivity contribution in [3.8, 4) is 0 Å². The molecule has 4 N–H and O–H groups in total. The number of aromatic nitrogens is 2. The van der Waals surface area contributed by atoms with E-state index in [4.69, 9.17) is 10.5 Å². The summed E-state index contributed by atoms with van der Waals surface area (Å²) in [7, 11) is 0. The highest BCUT2D eigenvalue weighted by Crippen LogP contribution is 2.38. The predicted octanol–water partition coefficient (Wildman–Crippen LogP) is 2.82. The lowest BCUT2D eigenvalue weighted by Crippen LogP contribution is -2.43. The maximum atomic E-state index is 11.8. The molecule has 1 amide bonds. The summed E-state index contributed by atoms with van der Waals surface area (Å²) in [5.74, 6) is 0. The molecule has 1 aliphatic rings. The van der Waals surface area contributed by atoms with Crippen LogP contribution >= 0.6 is 15.9 Å². The molecular weight excluding hydrogens is 362 g/mol. The third-order valence-electron chi connectivity index (χ3n) is 3.92. The van der Waals surface area contributed by atoms with Gasteiger partial charge in [0.25, 0.3) is 0 Å². The number of carbonyl (C=O) groups is 1. The van der Waals surface area contributed by atoms with Gasteiger partial charge in [-0.05, 0) is 35.7 Å². The van der Waals surface area contributed by atoms with Crippen molar-refractivity contribution >= 4 is 44.4 Å². The summed E-state index contributed by atoms with van der Waals surface area (Å²) in [6, 6.07) is 0.152. The number of piperidine rings is 1. The normalized spacial score (nSPS) is 18.2. The maximum absolute atomic E-state index is 11.8. The molecule has 0 saturated carbocycles. The highest BCUT2D eigenvalue weighted by atomic mass is 79.9. The Morgan fingerprint density at radius 1 is 1.65 bits per heavy atom. The Balaban J connectivity index is 2.03. The highest BCUT2D eigenvalue weighted by Gasteiger charge is 2.23. The molecule has 0 radical (unpaired) electrons. The van der Waals surface area contributed by atoms with Crippen LogP contribution in [0.1, 0.15) is 19.8 Å². The predicted molar refractivity (Wildman–Crippen MR) is 93.9 cm³/mol. The van der Waals surface area contributed by atoms with Crippen molar-refractivity contribution in [3.05, 3.63) is 16.9 Å². The van der Waals surface area contributed by atoms with E-state index in [1.54, 1.807) is 19.3 Å². The number of carbonyl (C=O) groups excluding carboxylic acids is 1. The first-order chi connectivity index (χ1) is 11.1. The zero-order chi connectivity index (χ0) is 16.4. The molecular formula is C15H20BrN5O2. The number of H-pyrrole nitrogens is 1. The summed E-state index contributed by atoms with van der Waals surface area (Å²) in [6.45, 7) is 3.80. The van der Waals surface area contributed by atoms with Crippen molar-refractivity contribution in [1.82, 2.24) is 9.97 Å². The van der Waals surface area contributed by atoms with E-state index in [1.165, 1.54) is 0 Å². The van der Waals surface area contributed by atoms with Crippen LogP contribution in [0.15, 0.2) is 16.9 Å². The molecule has 3 rings (SSSR count). The molecule has 7 nitrogen and oxygen atoms in total. The SMILES string of the molecule is CCOC(=O)Nc1c[nH]c2ncc(Br)c(N3CCC[C@@H](N)C3)c12. The zero-order valence-corrected chi connectivity index (χ0v) is 14.5. The first-order valence-electron chi connectivity index (χ1n) is 7.70. The van der Waals surface area contributed by atoms with Crippen molar-refractivity contribution in [1.29, 1.82) is 0 Å². The Morgan fingerprint density at radius 3 is 3.22 bits per heavy atom. The first-order valence-corrected chi connectivity index (χ1v) is 8.49. The molecule has 1 atom stereocenters. The summed E-state index contributed by atoms with van der Waals surface area (Å²) in [5, 5.41) is 3.64. The third-order valence-corrected chi connectivity index (χ3v) is 4.50. The van der Waals surface area contributed by atoms with E-state index in [2.05, 4.69) is 36.1 Å². The van der Waals surface area contributed by atoms with Crippen LogP contribution in [-0.2, 0) is 4.74 Å². The van der Waals surface area contributed by atoms with Crippen LogP contribution in [0.25, 0.3) is 11.0 Å². The molecule has 1 aliphatic heterocycles. The molecule has 0 spiro atoms. The number of hydrogen-bond donors (Lipinski definition) is 3. The Labute approximate surface area is 142 Å². The van der Waals surface area contributed by atoms with Crippen molar-refractivity contribution in [2.75, 3.05) is 29.9 Å². The van der Waals surface area contributed by atoms with Gasteiger partial charge in [-0.15, -0.1) is 0 Å². The average Bonchev–Trinajstić information content (AvgIpc) is 2.90. The fourth-order valence-electron chi connectivity index (χ4n) is 2.95. The van der Waals surface area contributed by atoms with Crippen molar-refractivity contribution in [2.45, 2.75) is 25.8 Å². The Hall–Kier alpha value is -1.80. The number of anilines is 2. The van der Waals surface area contributed by atoms with E-state index in [1.807, 2.05) is 0 Å². The number of nitrogens with zero attached hydrogens (tertiary/aromatic N) is 2. The van der Waals surface area contributed by atoms with Gasteiger partial charge in [0.15, 0.2) is 0 Å². The molecule has 3 heterocycles. The minimum atomic E-state index is -0.477. The monoisotopic (exact) mass is 381 g/mol. The van der Waals surface area contributed by atoms with Gasteiger partial charge in [-0.3, -0.25) is 5.32 Å². The van der Waals surface area contributed by atoms with Crippen LogP contribution in [-0.4, -0.2) is 41.8 Å². The van der Waals surface area contributed by atoms with Crippen LogP contribution < -0.4 is 16.0 Å². The second-order valence-electron chi connectivity index (χ2n) is 5.57. The van der Waals surface area contributed by atoms with E-state index < -0.39 is 6.09 Å². The molecule has 1 saturated heterocycles. The average molecular weight is 382 g/mol. The minimum Gasteiger partial charge on any atom is -0.450 e. The standard InChI is InChI=1S/C15H20BrN5O2/c1-2-23-15(22)20-11-7-19-14-12(11)13(10(16)6-18-14)21-5-3-4-9(17)8-21/h6-7,9H,2-5,8,17H2,1H3,(H,18,19)(H,20,22)/t9-/m1/s1. The maximum Gasteiger partial charge on any atom is 0.411 e. The summed E-state index contributed by atoms with van der Waals surface area (Å²) < 4.78 is 5.85. The molecule has 2 aromatic rings. The molecule has 0 aromatic carbocycles. The second-order valence-corrected chi connectivity index (χ2v) is 6.43. The lowest BCUT2D eigenvalue weighted by atomic mass is 10.1. The topological polar surface area (TPSA) is 96.3 Å². The molecule has 0 unspecified atom stereocenters. The van der Waals surface area contributed by atoms with Crippen molar-refractivity contribution in [3.63, 3.8) is 0 Å². The van der Waals surface area contributed by atoms with Gasteiger partial charge in [0.05, 0.1) is 27.8 Å². The number of aromatic amines is 1. The zero-order valence-electron chi connectivity index (χ0n) is 12.9. The van der Waals surface area contributed by atoms with Gasteiger partial charge in [0.2, 0.25) is 0 Å². The highest BCUT2D eigenvalue weighted by molar-refractivity contribution is 9.10.